The Morgan fingerprint density at radius 1 is 1.05 bits per heavy atom. The van der Waals surface area contributed by atoms with Crippen molar-refractivity contribution in [3.8, 4) is 5.75 Å². The zero-order valence-corrected chi connectivity index (χ0v) is 13.2. The molecule has 1 heterocycles. The summed E-state index contributed by atoms with van der Waals surface area (Å²) in [5, 5.41) is 3.58. The lowest BCUT2D eigenvalue weighted by atomic mass is 9.97. The molecule has 1 aromatic carbocycles. The molecular weight excluding hydrogens is 260 g/mol. The van der Waals surface area contributed by atoms with Gasteiger partial charge in [-0.05, 0) is 88.8 Å². The highest BCUT2D eigenvalue weighted by molar-refractivity contribution is 5.46. The molecule has 1 aliphatic carbocycles. The van der Waals surface area contributed by atoms with Crippen LogP contribution >= 0.6 is 0 Å². The lowest BCUT2D eigenvalue weighted by molar-refractivity contribution is 0.210. The Bertz CT molecular complexity index is 417. The molecule has 0 radical (unpaired) electrons. The molecule has 0 amide bonds. The summed E-state index contributed by atoms with van der Waals surface area (Å²) in [7, 11) is 2.22. The minimum Gasteiger partial charge on any atom is -0.490 e. The van der Waals surface area contributed by atoms with Crippen molar-refractivity contribution in [1.82, 2.24) is 4.90 Å². The van der Waals surface area contributed by atoms with E-state index in [1.165, 1.54) is 57.3 Å². The highest BCUT2D eigenvalue weighted by Crippen LogP contribution is 2.25. The van der Waals surface area contributed by atoms with Crippen molar-refractivity contribution in [1.29, 1.82) is 0 Å². The predicted octanol–water partition coefficient (Wildman–Crippen LogP) is 3.76. The molecule has 0 bridgehead atoms. The summed E-state index contributed by atoms with van der Waals surface area (Å²) >= 11 is 0. The monoisotopic (exact) mass is 288 g/mol. The number of nitrogens with zero attached hydrogens (tertiary/aromatic N) is 1. The van der Waals surface area contributed by atoms with Gasteiger partial charge in [-0.25, -0.2) is 0 Å². The average molecular weight is 288 g/mol. The van der Waals surface area contributed by atoms with Crippen LogP contribution in [0, 0.1) is 5.92 Å². The maximum absolute atomic E-state index is 6.00. The number of ether oxygens (including phenoxy) is 1. The van der Waals surface area contributed by atoms with Gasteiger partial charge in [0.1, 0.15) is 5.75 Å². The van der Waals surface area contributed by atoms with Crippen LogP contribution in [-0.4, -0.2) is 37.7 Å². The number of likely N-dealkylation sites (tertiary alicyclic amines) is 1. The fraction of sp³-hybridized carbons (Fsp3) is 0.667. The maximum Gasteiger partial charge on any atom is 0.119 e. The van der Waals surface area contributed by atoms with E-state index in [9.17, 15) is 0 Å². The van der Waals surface area contributed by atoms with Crippen molar-refractivity contribution in [3.05, 3.63) is 24.3 Å². The Hall–Kier alpha value is -1.22. The van der Waals surface area contributed by atoms with Crippen molar-refractivity contribution in [2.24, 2.45) is 5.92 Å². The van der Waals surface area contributed by atoms with Crippen LogP contribution in [0.25, 0.3) is 0 Å². The van der Waals surface area contributed by atoms with Gasteiger partial charge in [0, 0.05) is 12.2 Å². The fourth-order valence-corrected chi connectivity index (χ4v) is 3.38. The van der Waals surface area contributed by atoms with Gasteiger partial charge in [0.05, 0.1) is 6.10 Å². The standard InChI is InChI=1S/C18H28N2O/c1-20-12-10-15(11-13-20)14-19-16-6-8-18(9-7-16)21-17-4-2-3-5-17/h6-9,15,17,19H,2-5,10-14H2,1H3. The first-order valence-corrected chi connectivity index (χ1v) is 8.49. The van der Waals surface area contributed by atoms with Crippen LogP contribution in [-0.2, 0) is 0 Å². The molecule has 1 N–H and O–H groups in total. The van der Waals surface area contributed by atoms with E-state index in [1.54, 1.807) is 0 Å². The third-order valence-corrected chi connectivity index (χ3v) is 4.89. The number of rotatable bonds is 5. The molecule has 3 nitrogen and oxygen atoms in total. The summed E-state index contributed by atoms with van der Waals surface area (Å²) in [6.45, 7) is 3.57. The SMILES string of the molecule is CN1CCC(CNc2ccc(OC3CCCC3)cc2)CC1. The van der Waals surface area contributed by atoms with Gasteiger partial charge in [-0.15, -0.1) is 0 Å². The van der Waals surface area contributed by atoms with Gasteiger partial charge < -0.3 is 15.0 Å². The van der Waals surface area contributed by atoms with E-state index >= 15 is 0 Å². The van der Waals surface area contributed by atoms with Crippen molar-refractivity contribution in [2.45, 2.75) is 44.6 Å². The molecule has 3 rings (SSSR count). The van der Waals surface area contributed by atoms with Crippen LogP contribution < -0.4 is 10.1 Å². The first-order chi connectivity index (χ1) is 10.3. The second-order valence-electron chi connectivity index (χ2n) is 6.68. The topological polar surface area (TPSA) is 24.5 Å². The van der Waals surface area contributed by atoms with Crippen LogP contribution in [0.2, 0.25) is 0 Å². The Labute approximate surface area is 128 Å². The quantitative estimate of drug-likeness (QED) is 0.893. The van der Waals surface area contributed by atoms with Crippen molar-refractivity contribution >= 4 is 5.69 Å². The molecule has 0 spiro atoms. The summed E-state index contributed by atoms with van der Waals surface area (Å²) < 4.78 is 6.00. The lowest BCUT2D eigenvalue weighted by Gasteiger charge is -2.29. The van der Waals surface area contributed by atoms with Crippen LogP contribution in [0.15, 0.2) is 24.3 Å². The van der Waals surface area contributed by atoms with Gasteiger partial charge in [-0.1, -0.05) is 0 Å². The van der Waals surface area contributed by atoms with Gasteiger partial charge in [0.25, 0.3) is 0 Å². The number of anilines is 1. The maximum atomic E-state index is 6.00. The summed E-state index contributed by atoms with van der Waals surface area (Å²) in [6, 6.07) is 8.52. The summed E-state index contributed by atoms with van der Waals surface area (Å²) in [5.74, 6) is 1.84. The molecule has 3 heteroatoms. The Morgan fingerprint density at radius 2 is 1.71 bits per heavy atom. The number of nitrogens with one attached hydrogen (secondary N) is 1. The molecule has 2 fully saturated rings. The summed E-state index contributed by atoms with van der Waals surface area (Å²) in [4.78, 5) is 2.42. The second-order valence-corrected chi connectivity index (χ2v) is 6.68. The Balaban J connectivity index is 1.43. The molecule has 1 saturated heterocycles. The largest absolute Gasteiger partial charge is 0.490 e. The van der Waals surface area contributed by atoms with E-state index < -0.39 is 0 Å². The van der Waals surface area contributed by atoms with Crippen LogP contribution in [0.5, 0.6) is 5.75 Å². The molecule has 116 valence electrons. The number of hydrogen-bond acceptors (Lipinski definition) is 3. The first-order valence-electron chi connectivity index (χ1n) is 8.49. The third kappa shape index (κ3) is 4.37. The zero-order chi connectivity index (χ0) is 14.5. The molecule has 0 atom stereocenters. The van der Waals surface area contributed by atoms with Crippen molar-refractivity contribution < 1.29 is 4.74 Å². The van der Waals surface area contributed by atoms with Crippen molar-refractivity contribution in [2.75, 3.05) is 32.0 Å². The average Bonchev–Trinajstić information content (AvgIpc) is 3.01. The van der Waals surface area contributed by atoms with Crippen LogP contribution in [0.3, 0.4) is 0 Å². The van der Waals surface area contributed by atoms with Gasteiger partial charge in [-0.3, -0.25) is 0 Å². The van der Waals surface area contributed by atoms with Gasteiger partial charge >= 0.3 is 0 Å². The van der Waals surface area contributed by atoms with E-state index in [1.807, 2.05) is 0 Å². The predicted molar refractivity (Wildman–Crippen MR) is 88.0 cm³/mol. The van der Waals surface area contributed by atoms with E-state index in [2.05, 4.69) is 41.5 Å². The normalized spacial score (nSPS) is 21.6. The highest BCUT2D eigenvalue weighted by Gasteiger charge is 2.17. The van der Waals surface area contributed by atoms with Gasteiger partial charge in [-0.2, -0.15) is 0 Å². The fourth-order valence-electron chi connectivity index (χ4n) is 3.38. The first kappa shape index (κ1) is 14.7. The summed E-state index contributed by atoms with van der Waals surface area (Å²) in [6.07, 6.45) is 8.15. The lowest BCUT2D eigenvalue weighted by Crippen LogP contribution is -2.32. The van der Waals surface area contributed by atoms with E-state index in [4.69, 9.17) is 4.74 Å². The van der Waals surface area contributed by atoms with Crippen molar-refractivity contribution in [3.63, 3.8) is 0 Å². The van der Waals surface area contributed by atoms with Crippen LogP contribution in [0.1, 0.15) is 38.5 Å². The molecular formula is C18H28N2O. The molecule has 1 saturated carbocycles. The zero-order valence-electron chi connectivity index (χ0n) is 13.2. The Kier molecular flexibility index (Phi) is 5.02. The number of piperidine rings is 1. The third-order valence-electron chi connectivity index (χ3n) is 4.89. The minimum absolute atomic E-state index is 0.447. The number of hydrogen-bond donors (Lipinski definition) is 1. The molecule has 1 aromatic rings. The van der Waals surface area contributed by atoms with Crippen LogP contribution in [0.4, 0.5) is 5.69 Å². The minimum atomic E-state index is 0.447. The van der Waals surface area contributed by atoms with E-state index in [-0.39, 0.29) is 0 Å². The Morgan fingerprint density at radius 3 is 2.38 bits per heavy atom. The van der Waals surface area contributed by atoms with Gasteiger partial charge in [0.2, 0.25) is 0 Å². The van der Waals surface area contributed by atoms with E-state index in [0.717, 1.165) is 18.2 Å². The summed E-state index contributed by atoms with van der Waals surface area (Å²) in [5.41, 5.74) is 1.22. The van der Waals surface area contributed by atoms with E-state index in [0.29, 0.717) is 6.10 Å². The molecule has 2 aliphatic rings. The highest BCUT2D eigenvalue weighted by atomic mass is 16.5. The molecule has 0 unspecified atom stereocenters. The smallest absolute Gasteiger partial charge is 0.119 e. The molecule has 1 aliphatic heterocycles. The van der Waals surface area contributed by atoms with Gasteiger partial charge in [0.15, 0.2) is 0 Å². The molecule has 21 heavy (non-hydrogen) atoms. The molecule has 0 aromatic heterocycles. The second kappa shape index (κ2) is 7.17. The number of benzene rings is 1.